The SMILES string of the molecule is C[C@@H](CN1CCN(C(=O)OC(C)(C)C)CC1)Nc1ncnc2c(C(=O)C3CC3)cccc12. The van der Waals surface area contributed by atoms with Gasteiger partial charge in [0.25, 0.3) is 0 Å². The van der Waals surface area contributed by atoms with Gasteiger partial charge in [-0.1, -0.05) is 6.07 Å². The summed E-state index contributed by atoms with van der Waals surface area (Å²) in [5.74, 6) is 1.10. The first kappa shape index (κ1) is 22.5. The first-order valence-electron chi connectivity index (χ1n) is 11.5. The number of hydrogen-bond acceptors (Lipinski definition) is 7. The van der Waals surface area contributed by atoms with Gasteiger partial charge in [-0.3, -0.25) is 9.69 Å². The molecule has 1 saturated carbocycles. The highest BCUT2D eigenvalue weighted by Gasteiger charge is 2.32. The van der Waals surface area contributed by atoms with Crippen molar-refractivity contribution >= 4 is 28.6 Å². The summed E-state index contributed by atoms with van der Waals surface area (Å²) in [5.41, 5.74) is 0.942. The highest BCUT2D eigenvalue weighted by atomic mass is 16.6. The van der Waals surface area contributed by atoms with E-state index in [-0.39, 0.29) is 23.8 Å². The highest BCUT2D eigenvalue weighted by Crippen LogP contribution is 2.35. The molecular weight excluding hydrogens is 406 g/mol. The number of para-hydroxylation sites is 1. The van der Waals surface area contributed by atoms with E-state index in [0.717, 1.165) is 49.2 Å². The molecule has 172 valence electrons. The number of fused-ring (bicyclic) bond motifs is 1. The number of rotatable bonds is 6. The summed E-state index contributed by atoms with van der Waals surface area (Å²) in [6.45, 7) is 11.5. The Labute approximate surface area is 189 Å². The summed E-state index contributed by atoms with van der Waals surface area (Å²) >= 11 is 0. The van der Waals surface area contributed by atoms with Gasteiger partial charge in [0.1, 0.15) is 17.7 Å². The molecule has 2 aromatic rings. The minimum Gasteiger partial charge on any atom is -0.444 e. The van der Waals surface area contributed by atoms with Crippen molar-refractivity contribution in [2.45, 2.75) is 52.2 Å². The van der Waals surface area contributed by atoms with Crippen LogP contribution in [-0.2, 0) is 4.74 Å². The van der Waals surface area contributed by atoms with Gasteiger partial charge >= 0.3 is 6.09 Å². The van der Waals surface area contributed by atoms with Crippen LogP contribution in [0.4, 0.5) is 10.6 Å². The Kier molecular flexibility index (Phi) is 6.33. The van der Waals surface area contributed by atoms with Crippen molar-refractivity contribution in [1.82, 2.24) is 19.8 Å². The minimum atomic E-state index is -0.476. The number of carbonyl (C=O) groups is 2. The molecule has 1 aliphatic heterocycles. The number of ether oxygens (including phenoxy) is 1. The maximum absolute atomic E-state index is 12.6. The molecule has 1 aromatic carbocycles. The largest absolute Gasteiger partial charge is 0.444 e. The number of carbonyl (C=O) groups excluding carboxylic acids is 2. The van der Waals surface area contributed by atoms with Crippen LogP contribution >= 0.6 is 0 Å². The summed E-state index contributed by atoms with van der Waals surface area (Å²) in [7, 11) is 0. The van der Waals surface area contributed by atoms with E-state index in [1.165, 1.54) is 6.33 Å². The van der Waals surface area contributed by atoms with E-state index in [2.05, 4.69) is 27.1 Å². The molecule has 1 saturated heterocycles. The van der Waals surface area contributed by atoms with Crippen molar-refractivity contribution < 1.29 is 14.3 Å². The van der Waals surface area contributed by atoms with Crippen LogP contribution in [0.25, 0.3) is 10.9 Å². The van der Waals surface area contributed by atoms with Crippen LogP contribution < -0.4 is 5.32 Å². The zero-order chi connectivity index (χ0) is 22.9. The highest BCUT2D eigenvalue weighted by molar-refractivity contribution is 6.10. The number of Topliss-reactive ketones (excluding diaryl/α,β-unsaturated/α-hetero) is 1. The molecule has 0 radical (unpaired) electrons. The average Bonchev–Trinajstić information content (AvgIpc) is 3.58. The Balaban J connectivity index is 1.36. The molecule has 2 aliphatic rings. The van der Waals surface area contributed by atoms with Gasteiger partial charge in [-0.25, -0.2) is 14.8 Å². The second-order valence-corrected chi connectivity index (χ2v) is 9.88. The van der Waals surface area contributed by atoms with Crippen molar-refractivity contribution in [3.8, 4) is 0 Å². The molecule has 4 rings (SSSR count). The van der Waals surface area contributed by atoms with Gasteiger partial charge in [-0.15, -0.1) is 0 Å². The number of anilines is 1. The summed E-state index contributed by atoms with van der Waals surface area (Å²) in [4.78, 5) is 37.9. The zero-order valence-corrected chi connectivity index (χ0v) is 19.4. The van der Waals surface area contributed by atoms with E-state index >= 15 is 0 Å². The van der Waals surface area contributed by atoms with E-state index in [1.807, 2.05) is 39.0 Å². The Morgan fingerprint density at radius 1 is 1.16 bits per heavy atom. The number of ketones is 1. The van der Waals surface area contributed by atoms with Crippen molar-refractivity contribution in [3.05, 3.63) is 30.1 Å². The van der Waals surface area contributed by atoms with E-state index < -0.39 is 5.60 Å². The smallest absolute Gasteiger partial charge is 0.410 e. The third-order valence-corrected chi connectivity index (χ3v) is 5.82. The lowest BCUT2D eigenvalue weighted by Gasteiger charge is -2.36. The standard InChI is InChI=1S/C24H33N5O3/c1-16(14-28-10-12-29(13-11-28)23(31)32-24(2,3)4)27-22-19-7-5-6-18(20(19)25-15-26-22)21(30)17-8-9-17/h5-7,15-17H,8-14H2,1-4H3,(H,25,26,27)/t16-/m0/s1. The average molecular weight is 440 g/mol. The molecule has 1 aromatic heterocycles. The predicted octanol–water partition coefficient (Wildman–Crippen LogP) is 3.58. The van der Waals surface area contributed by atoms with E-state index in [9.17, 15) is 9.59 Å². The zero-order valence-electron chi connectivity index (χ0n) is 19.4. The normalized spacial score (nSPS) is 18.4. The van der Waals surface area contributed by atoms with Crippen molar-refractivity contribution in [1.29, 1.82) is 0 Å². The lowest BCUT2D eigenvalue weighted by molar-refractivity contribution is 0.0144. The lowest BCUT2D eigenvalue weighted by atomic mass is 10.0. The molecule has 0 spiro atoms. The fourth-order valence-corrected chi connectivity index (χ4v) is 4.07. The number of aromatic nitrogens is 2. The van der Waals surface area contributed by atoms with Crippen LogP contribution in [0.15, 0.2) is 24.5 Å². The molecule has 2 fully saturated rings. The third-order valence-electron chi connectivity index (χ3n) is 5.82. The van der Waals surface area contributed by atoms with Crippen LogP contribution in [0.2, 0.25) is 0 Å². The monoisotopic (exact) mass is 439 g/mol. The Morgan fingerprint density at radius 3 is 2.53 bits per heavy atom. The van der Waals surface area contributed by atoms with Gasteiger partial charge in [-0.05, 0) is 52.7 Å². The van der Waals surface area contributed by atoms with E-state index in [4.69, 9.17) is 4.74 Å². The fourth-order valence-electron chi connectivity index (χ4n) is 4.07. The molecule has 8 nitrogen and oxygen atoms in total. The summed E-state index contributed by atoms with van der Waals surface area (Å²) in [6, 6.07) is 5.89. The van der Waals surface area contributed by atoms with Crippen LogP contribution in [0, 0.1) is 5.92 Å². The molecule has 2 heterocycles. The van der Waals surface area contributed by atoms with Gasteiger partial charge in [0.15, 0.2) is 5.78 Å². The summed E-state index contributed by atoms with van der Waals surface area (Å²) in [5, 5.41) is 4.37. The van der Waals surface area contributed by atoms with E-state index in [1.54, 1.807) is 4.90 Å². The topological polar surface area (TPSA) is 87.7 Å². The fraction of sp³-hybridized carbons (Fsp3) is 0.583. The molecule has 0 bridgehead atoms. The number of nitrogens with zero attached hydrogens (tertiary/aromatic N) is 4. The summed E-state index contributed by atoms with van der Waals surface area (Å²) < 4.78 is 5.48. The number of piperazine rings is 1. The Bertz CT molecular complexity index is 991. The lowest BCUT2D eigenvalue weighted by Crippen LogP contribution is -2.51. The van der Waals surface area contributed by atoms with E-state index in [0.29, 0.717) is 18.7 Å². The van der Waals surface area contributed by atoms with Gasteiger partial charge in [0.05, 0.1) is 5.52 Å². The molecule has 1 atom stereocenters. The molecular formula is C24H33N5O3. The van der Waals surface area contributed by atoms with Crippen molar-refractivity contribution in [3.63, 3.8) is 0 Å². The minimum absolute atomic E-state index is 0.143. The predicted molar refractivity (Wildman–Crippen MR) is 124 cm³/mol. The molecule has 32 heavy (non-hydrogen) atoms. The van der Waals surface area contributed by atoms with Crippen molar-refractivity contribution in [2.75, 3.05) is 38.0 Å². The maximum atomic E-state index is 12.6. The molecule has 1 amide bonds. The Hall–Kier alpha value is -2.74. The van der Waals surface area contributed by atoms with Crippen LogP contribution in [0.1, 0.15) is 50.9 Å². The molecule has 0 unspecified atom stereocenters. The van der Waals surface area contributed by atoms with Gasteiger partial charge in [-0.2, -0.15) is 0 Å². The molecule has 1 N–H and O–H groups in total. The second-order valence-electron chi connectivity index (χ2n) is 9.88. The summed E-state index contributed by atoms with van der Waals surface area (Å²) in [6.07, 6.45) is 3.24. The quantitative estimate of drug-likeness (QED) is 0.689. The first-order chi connectivity index (χ1) is 15.2. The third kappa shape index (κ3) is 5.35. The number of nitrogens with one attached hydrogen (secondary N) is 1. The number of benzene rings is 1. The molecule has 8 heteroatoms. The van der Waals surface area contributed by atoms with Gasteiger partial charge in [0, 0.05) is 55.6 Å². The maximum Gasteiger partial charge on any atom is 0.410 e. The number of hydrogen-bond donors (Lipinski definition) is 1. The van der Waals surface area contributed by atoms with Crippen LogP contribution in [0.3, 0.4) is 0 Å². The number of amides is 1. The first-order valence-corrected chi connectivity index (χ1v) is 11.5. The van der Waals surface area contributed by atoms with Crippen molar-refractivity contribution in [2.24, 2.45) is 5.92 Å². The van der Waals surface area contributed by atoms with Gasteiger partial charge in [0.2, 0.25) is 0 Å². The second kappa shape index (κ2) is 9.02. The van der Waals surface area contributed by atoms with Crippen LogP contribution in [-0.4, -0.2) is 76.0 Å². The molecule has 1 aliphatic carbocycles. The van der Waals surface area contributed by atoms with Gasteiger partial charge < -0.3 is 15.0 Å². The van der Waals surface area contributed by atoms with Crippen LogP contribution in [0.5, 0.6) is 0 Å². The Morgan fingerprint density at radius 2 is 1.88 bits per heavy atom.